The van der Waals surface area contributed by atoms with E-state index < -0.39 is 0 Å². The van der Waals surface area contributed by atoms with Crippen LogP contribution in [0.25, 0.3) is 11.4 Å². The number of hydrogen-bond donors (Lipinski definition) is 0. The van der Waals surface area contributed by atoms with Crippen molar-refractivity contribution in [2.75, 3.05) is 0 Å². The summed E-state index contributed by atoms with van der Waals surface area (Å²) >= 11 is 0. The maximum Gasteiger partial charge on any atom is 0.277 e. The molecule has 0 amide bonds. The Morgan fingerprint density at radius 3 is 1.56 bits per heavy atom. The predicted octanol–water partition coefficient (Wildman–Crippen LogP) is -4.27. The molecule has 0 saturated heterocycles. The molecule has 4 heteroatoms. The fraction of sp³-hybridized carbons (Fsp3) is 0.286. The molecule has 2 aromatic rings. The first-order valence-corrected chi connectivity index (χ1v) is 5.92. The first-order chi connectivity index (χ1) is 7.95. The Bertz CT molecular complexity index is 467. The van der Waals surface area contributed by atoms with Crippen LogP contribution in [0.3, 0.4) is 0 Å². The van der Waals surface area contributed by atoms with E-state index in [1.54, 1.807) is 0 Å². The van der Waals surface area contributed by atoms with Crippen LogP contribution in [0.15, 0.2) is 48.8 Å². The Balaban J connectivity index is 0.000000810. The standard InChI is InChI=1S/C14H16N2.2BrH/c1-3-9-15-11-5-6-12-16-10-4-2-8-14(16)13(15)7-1;;/h1-4,7-10H,5-6,11-12H2;2*1H/q+2;;/p-2. The SMILES string of the molecule is [Br-].[Br-].c1cc[n+]2c(c1)-c1cccc[n+]1CCCC2. The largest absolute Gasteiger partial charge is 1.00 e. The van der Waals surface area contributed by atoms with Gasteiger partial charge < -0.3 is 34.0 Å². The highest BCUT2D eigenvalue weighted by atomic mass is 79.9. The van der Waals surface area contributed by atoms with Gasteiger partial charge in [0.2, 0.25) is 0 Å². The number of aromatic nitrogens is 2. The van der Waals surface area contributed by atoms with E-state index in [2.05, 4.69) is 57.9 Å². The maximum atomic E-state index is 2.35. The predicted molar refractivity (Wildman–Crippen MR) is 61.5 cm³/mol. The Morgan fingerprint density at radius 1 is 0.667 bits per heavy atom. The fourth-order valence-corrected chi connectivity index (χ4v) is 2.37. The summed E-state index contributed by atoms with van der Waals surface area (Å²) in [6.45, 7) is 2.26. The van der Waals surface area contributed by atoms with E-state index in [1.807, 2.05) is 0 Å². The number of pyridine rings is 2. The molecule has 2 aromatic heterocycles. The van der Waals surface area contributed by atoms with Crippen LogP contribution in [-0.4, -0.2) is 0 Å². The first-order valence-electron chi connectivity index (χ1n) is 5.92. The van der Waals surface area contributed by atoms with Gasteiger partial charge in [-0.2, -0.15) is 9.13 Å². The molecule has 0 bridgehead atoms. The summed E-state index contributed by atoms with van der Waals surface area (Å²) in [6.07, 6.45) is 6.86. The fourth-order valence-electron chi connectivity index (χ4n) is 2.37. The molecule has 0 N–H and O–H groups in total. The number of aryl methyl sites for hydroxylation is 2. The van der Waals surface area contributed by atoms with E-state index in [0.29, 0.717) is 0 Å². The van der Waals surface area contributed by atoms with Crippen LogP contribution in [0, 0.1) is 0 Å². The number of fused-ring (bicyclic) bond motifs is 3. The Kier molecular flexibility index (Phi) is 5.96. The lowest BCUT2D eigenvalue weighted by Crippen LogP contribution is -3.00. The lowest BCUT2D eigenvalue weighted by molar-refractivity contribution is -0.725. The highest BCUT2D eigenvalue weighted by molar-refractivity contribution is 5.45. The van der Waals surface area contributed by atoms with Crippen molar-refractivity contribution in [3.05, 3.63) is 48.8 Å². The molecule has 18 heavy (non-hydrogen) atoms. The van der Waals surface area contributed by atoms with Gasteiger partial charge in [0.05, 0.1) is 0 Å². The third-order valence-corrected chi connectivity index (χ3v) is 3.19. The lowest BCUT2D eigenvalue weighted by Gasteiger charge is -2.07. The Morgan fingerprint density at radius 2 is 1.11 bits per heavy atom. The molecule has 0 radical (unpaired) electrons. The first kappa shape index (κ1) is 15.3. The summed E-state index contributed by atoms with van der Waals surface area (Å²) < 4.78 is 4.70. The summed E-state index contributed by atoms with van der Waals surface area (Å²) in [6, 6.07) is 12.9. The smallest absolute Gasteiger partial charge is 0.277 e. The molecule has 1 aliphatic rings. The molecule has 0 fully saturated rings. The summed E-state index contributed by atoms with van der Waals surface area (Å²) in [5.74, 6) is 0. The number of nitrogens with zero attached hydrogens (tertiary/aromatic N) is 2. The van der Waals surface area contributed by atoms with Gasteiger partial charge in [-0.3, -0.25) is 0 Å². The molecule has 96 valence electrons. The van der Waals surface area contributed by atoms with E-state index in [9.17, 15) is 0 Å². The quantitative estimate of drug-likeness (QED) is 0.414. The molecule has 0 aromatic carbocycles. The normalized spacial score (nSPS) is 12.9. The van der Waals surface area contributed by atoms with Crippen LogP contribution < -0.4 is 43.1 Å². The van der Waals surface area contributed by atoms with Crippen LogP contribution in [0.1, 0.15) is 12.8 Å². The van der Waals surface area contributed by atoms with Crippen LogP contribution in [0.2, 0.25) is 0 Å². The zero-order valence-electron chi connectivity index (χ0n) is 10.1. The maximum absolute atomic E-state index is 2.35. The molecule has 0 aliphatic carbocycles. The second-order valence-electron chi connectivity index (χ2n) is 4.27. The van der Waals surface area contributed by atoms with Gasteiger partial charge in [-0.1, -0.05) is 0 Å². The van der Waals surface area contributed by atoms with E-state index in [1.165, 1.54) is 24.2 Å². The number of halogens is 2. The Labute approximate surface area is 129 Å². The van der Waals surface area contributed by atoms with Gasteiger partial charge in [-0.25, -0.2) is 0 Å². The van der Waals surface area contributed by atoms with Crippen molar-refractivity contribution in [2.24, 2.45) is 0 Å². The second kappa shape index (κ2) is 7.00. The molecule has 3 heterocycles. The second-order valence-corrected chi connectivity index (χ2v) is 4.27. The molecule has 0 unspecified atom stereocenters. The van der Waals surface area contributed by atoms with Gasteiger partial charge >= 0.3 is 0 Å². The molecule has 0 spiro atoms. The van der Waals surface area contributed by atoms with Gasteiger partial charge in [0, 0.05) is 37.1 Å². The van der Waals surface area contributed by atoms with Crippen LogP contribution >= 0.6 is 0 Å². The highest BCUT2D eigenvalue weighted by Crippen LogP contribution is 2.12. The zero-order valence-corrected chi connectivity index (χ0v) is 13.3. The third kappa shape index (κ3) is 2.98. The summed E-state index contributed by atoms with van der Waals surface area (Å²) in [5, 5.41) is 0. The van der Waals surface area contributed by atoms with Crippen molar-refractivity contribution in [2.45, 2.75) is 25.9 Å². The molecular weight excluding hydrogens is 356 g/mol. The van der Waals surface area contributed by atoms with Crippen molar-refractivity contribution in [3.63, 3.8) is 0 Å². The molecule has 2 nitrogen and oxygen atoms in total. The third-order valence-electron chi connectivity index (χ3n) is 3.19. The molecule has 1 aliphatic heterocycles. The zero-order chi connectivity index (χ0) is 10.8. The van der Waals surface area contributed by atoms with E-state index in [0.717, 1.165) is 13.1 Å². The summed E-state index contributed by atoms with van der Waals surface area (Å²) in [4.78, 5) is 0. The monoisotopic (exact) mass is 370 g/mol. The Hall–Kier alpha value is -0.740. The average Bonchev–Trinajstić information content (AvgIpc) is 2.33. The van der Waals surface area contributed by atoms with Crippen molar-refractivity contribution >= 4 is 0 Å². The van der Waals surface area contributed by atoms with E-state index >= 15 is 0 Å². The molecule has 3 rings (SSSR count). The number of hydrogen-bond acceptors (Lipinski definition) is 0. The molecule has 0 saturated carbocycles. The average molecular weight is 372 g/mol. The molecular formula is C14H16Br2N2. The summed E-state index contributed by atoms with van der Waals surface area (Å²) in [5.41, 5.74) is 2.64. The minimum Gasteiger partial charge on any atom is -1.00 e. The number of rotatable bonds is 0. The van der Waals surface area contributed by atoms with Crippen LogP contribution in [0.5, 0.6) is 0 Å². The minimum atomic E-state index is 0. The van der Waals surface area contributed by atoms with Crippen molar-refractivity contribution in [1.29, 1.82) is 0 Å². The lowest BCUT2D eigenvalue weighted by atomic mass is 10.1. The van der Waals surface area contributed by atoms with E-state index in [4.69, 9.17) is 0 Å². The van der Waals surface area contributed by atoms with Gasteiger partial charge in [0.1, 0.15) is 13.1 Å². The van der Waals surface area contributed by atoms with Gasteiger partial charge in [0.25, 0.3) is 11.4 Å². The van der Waals surface area contributed by atoms with Crippen LogP contribution in [-0.2, 0) is 13.1 Å². The van der Waals surface area contributed by atoms with Crippen molar-refractivity contribution < 1.29 is 43.1 Å². The van der Waals surface area contributed by atoms with Crippen molar-refractivity contribution in [1.82, 2.24) is 0 Å². The highest BCUT2D eigenvalue weighted by Gasteiger charge is 2.23. The minimum absolute atomic E-state index is 0. The van der Waals surface area contributed by atoms with Gasteiger partial charge in [-0.15, -0.1) is 0 Å². The summed E-state index contributed by atoms with van der Waals surface area (Å²) in [7, 11) is 0. The molecule has 0 atom stereocenters. The topological polar surface area (TPSA) is 7.76 Å². The van der Waals surface area contributed by atoms with Crippen molar-refractivity contribution in [3.8, 4) is 11.4 Å². The van der Waals surface area contributed by atoms with E-state index in [-0.39, 0.29) is 34.0 Å². The van der Waals surface area contributed by atoms with Gasteiger partial charge in [0.15, 0.2) is 12.4 Å². The van der Waals surface area contributed by atoms with Crippen LogP contribution in [0.4, 0.5) is 0 Å². The van der Waals surface area contributed by atoms with Gasteiger partial charge in [-0.05, 0) is 12.1 Å².